The van der Waals surface area contributed by atoms with E-state index in [0.717, 1.165) is 18.2 Å². The molecule has 1 aromatic rings. The normalized spacial score (nSPS) is 10.6. The van der Waals surface area contributed by atoms with E-state index in [1.165, 1.54) is 6.33 Å². The zero-order valence-corrected chi connectivity index (χ0v) is 11.8. The van der Waals surface area contributed by atoms with Crippen LogP contribution in [0.25, 0.3) is 0 Å². The fourth-order valence-electron chi connectivity index (χ4n) is 1.81. The van der Waals surface area contributed by atoms with E-state index in [1.807, 2.05) is 25.1 Å². The van der Waals surface area contributed by atoms with Gasteiger partial charge in [0.1, 0.15) is 23.7 Å². The van der Waals surface area contributed by atoms with E-state index in [-0.39, 0.29) is 5.78 Å². The number of hydrogen-bond donors (Lipinski definition) is 0. The molecule has 0 atom stereocenters. The van der Waals surface area contributed by atoms with Crippen LogP contribution in [0.15, 0.2) is 12.4 Å². The molecule has 1 heterocycles. The maximum absolute atomic E-state index is 11.1. The van der Waals surface area contributed by atoms with Crippen LogP contribution in [0.3, 0.4) is 0 Å². The number of carbonyl (C=O) groups excluding carboxylic acids is 1. The molecule has 0 radical (unpaired) electrons. The maximum Gasteiger partial charge on any atom is 0.149 e. The molecule has 0 saturated carbocycles. The summed E-state index contributed by atoms with van der Waals surface area (Å²) in [5.74, 6) is 2.34. The number of likely N-dealkylation sites (N-methyl/N-ethyl adjacent to an activating group) is 1. The molecular formula is C13H22N4O. The van der Waals surface area contributed by atoms with Crippen molar-refractivity contribution in [2.24, 2.45) is 5.92 Å². The standard InChI is InChI=1S/C13H22N4O/c1-10(2)7-16(4)12-6-13(15-9-14-12)17(5)8-11(3)18/h6,9-10H,7-8H2,1-5H3. The molecule has 0 unspecified atom stereocenters. The Labute approximate surface area is 109 Å². The van der Waals surface area contributed by atoms with E-state index in [2.05, 4.69) is 28.7 Å². The molecule has 1 aromatic heterocycles. The summed E-state index contributed by atoms with van der Waals surface area (Å²) in [6, 6.07) is 1.91. The summed E-state index contributed by atoms with van der Waals surface area (Å²) in [5, 5.41) is 0. The van der Waals surface area contributed by atoms with Crippen LogP contribution in [0.2, 0.25) is 0 Å². The first kappa shape index (κ1) is 14.4. The number of anilines is 2. The molecule has 0 spiro atoms. The lowest BCUT2D eigenvalue weighted by Crippen LogP contribution is -2.27. The quantitative estimate of drug-likeness (QED) is 0.767. The molecule has 0 aliphatic rings. The van der Waals surface area contributed by atoms with Crippen LogP contribution >= 0.6 is 0 Å². The Morgan fingerprint density at radius 3 is 2.28 bits per heavy atom. The smallest absolute Gasteiger partial charge is 0.149 e. The number of hydrogen-bond acceptors (Lipinski definition) is 5. The van der Waals surface area contributed by atoms with E-state index < -0.39 is 0 Å². The van der Waals surface area contributed by atoms with E-state index in [4.69, 9.17) is 0 Å². The first-order chi connectivity index (χ1) is 8.40. The molecule has 5 heteroatoms. The minimum absolute atomic E-state index is 0.119. The van der Waals surface area contributed by atoms with Gasteiger partial charge in [-0.1, -0.05) is 13.8 Å². The summed E-state index contributed by atoms with van der Waals surface area (Å²) in [7, 11) is 3.87. The number of ketones is 1. The summed E-state index contributed by atoms with van der Waals surface area (Å²) in [6.45, 7) is 7.21. The number of carbonyl (C=O) groups is 1. The minimum Gasteiger partial charge on any atom is -0.359 e. The average Bonchev–Trinajstić information content (AvgIpc) is 2.27. The van der Waals surface area contributed by atoms with Crippen molar-refractivity contribution in [1.29, 1.82) is 0 Å². The predicted molar refractivity (Wildman–Crippen MR) is 74.1 cm³/mol. The summed E-state index contributed by atoms with van der Waals surface area (Å²) < 4.78 is 0. The third-order valence-electron chi connectivity index (χ3n) is 2.52. The van der Waals surface area contributed by atoms with Crippen LogP contribution in [0.1, 0.15) is 20.8 Å². The van der Waals surface area contributed by atoms with Gasteiger partial charge in [0.25, 0.3) is 0 Å². The van der Waals surface area contributed by atoms with Gasteiger partial charge in [-0.05, 0) is 12.8 Å². The van der Waals surface area contributed by atoms with Gasteiger partial charge in [-0.25, -0.2) is 9.97 Å². The van der Waals surface area contributed by atoms with E-state index in [9.17, 15) is 4.79 Å². The lowest BCUT2D eigenvalue weighted by Gasteiger charge is -2.22. The highest BCUT2D eigenvalue weighted by Gasteiger charge is 2.09. The predicted octanol–water partition coefficient (Wildman–Crippen LogP) is 1.59. The Balaban J connectivity index is 2.81. The van der Waals surface area contributed by atoms with Crippen molar-refractivity contribution in [3.63, 3.8) is 0 Å². The van der Waals surface area contributed by atoms with Gasteiger partial charge in [0.2, 0.25) is 0 Å². The summed E-state index contributed by atoms with van der Waals surface area (Å²) in [5.41, 5.74) is 0. The summed E-state index contributed by atoms with van der Waals surface area (Å²) in [6.07, 6.45) is 1.54. The monoisotopic (exact) mass is 250 g/mol. The molecule has 0 amide bonds. The third kappa shape index (κ3) is 4.31. The second kappa shape index (κ2) is 6.33. The third-order valence-corrected chi connectivity index (χ3v) is 2.52. The van der Waals surface area contributed by atoms with Gasteiger partial charge >= 0.3 is 0 Å². The Kier molecular flexibility index (Phi) is 5.07. The lowest BCUT2D eigenvalue weighted by atomic mass is 10.2. The van der Waals surface area contributed by atoms with Gasteiger partial charge in [-0.3, -0.25) is 4.79 Å². The van der Waals surface area contributed by atoms with Crippen LogP contribution < -0.4 is 9.80 Å². The molecule has 0 aromatic carbocycles. The zero-order chi connectivity index (χ0) is 13.7. The van der Waals surface area contributed by atoms with Gasteiger partial charge in [0.15, 0.2) is 0 Å². The van der Waals surface area contributed by atoms with Gasteiger partial charge in [-0.2, -0.15) is 0 Å². The second-order valence-corrected chi connectivity index (χ2v) is 5.07. The fourth-order valence-corrected chi connectivity index (χ4v) is 1.81. The van der Waals surface area contributed by atoms with Gasteiger partial charge < -0.3 is 9.80 Å². The molecule has 0 fully saturated rings. The highest BCUT2D eigenvalue weighted by Crippen LogP contribution is 2.16. The Morgan fingerprint density at radius 1 is 1.22 bits per heavy atom. The summed E-state index contributed by atoms with van der Waals surface area (Å²) >= 11 is 0. The number of rotatable bonds is 6. The van der Waals surface area contributed by atoms with Crippen molar-refractivity contribution < 1.29 is 4.79 Å². The Hall–Kier alpha value is -1.65. The van der Waals surface area contributed by atoms with E-state index >= 15 is 0 Å². The second-order valence-electron chi connectivity index (χ2n) is 5.07. The van der Waals surface area contributed by atoms with E-state index in [1.54, 1.807) is 6.92 Å². The zero-order valence-electron chi connectivity index (χ0n) is 11.8. The fraction of sp³-hybridized carbons (Fsp3) is 0.615. The molecule has 0 bridgehead atoms. The molecule has 5 nitrogen and oxygen atoms in total. The molecule has 1 rings (SSSR count). The first-order valence-corrected chi connectivity index (χ1v) is 6.14. The van der Waals surface area contributed by atoms with Crippen molar-refractivity contribution in [2.75, 3.05) is 37.0 Å². The number of nitrogens with zero attached hydrogens (tertiary/aromatic N) is 4. The van der Waals surface area contributed by atoms with Crippen LogP contribution in [-0.2, 0) is 4.79 Å². The molecule has 0 aliphatic carbocycles. The highest BCUT2D eigenvalue weighted by atomic mass is 16.1. The molecule has 18 heavy (non-hydrogen) atoms. The number of aromatic nitrogens is 2. The van der Waals surface area contributed by atoms with E-state index in [0.29, 0.717) is 12.5 Å². The van der Waals surface area contributed by atoms with Gasteiger partial charge in [0.05, 0.1) is 6.54 Å². The molecule has 0 aliphatic heterocycles. The highest BCUT2D eigenvalue weighted by molar-refractivity contribution is 5.80. The van der Waals surface area contributed by atoms with Crippen molar-refractivity contribution in [3.05, 3.63) is 12.4 Å². The lowest BCUT2D eigenvalue weighted by molar-refractivity contribution is -0.115. The van der Waals surface area contributed by atoms with Crippen molar-refractivity contribution in [1.82, 2.24) is 9.97 Å². The number of Topliss-reactive ketones (excluding diaryl/α,β-unsaturated/α-hetero) is 1. The van der Waals surface area contributed by atoms with Crippen molar-refractivity contribution >= 4 is 17.4 Å². The van der Waals surface area contributed by atoms with Gasteiger partial charge in [0, 0.05) is 26.7 Å². The Morgan fingerprint density at radius 2 is 1.78 bits per heavy atom. The summed E-state index contributed by atoms with van der Waals surface area (Å²) in [4.78, 5) is 23.5. The molecule has 0 N–H and O–H groups in total. The Bertz CT molecular complexity index is 406. The molecule has 0 saturated heterocycles. The first-order valence-electron chi connectivity index (χ1n) is 6.14. The molecular weight excluding hydrogens is 228 g/mol. The van der Waals surface area contributed by atoms with Crippen LogP contribution in [0.5, 0.6) is 0 Å². The van der Waals surface area contributed by atoms with Crippen LogP contribution in [-0.4, -0.2) is 42.9 Å². The average molecular weight is 250 g/mol. The molecule has 100 valence electrons. The maximum atomic E-state index is 11.1. The van der Waals surface area contributed by atoms with Crippen LogP contribution in [0, 0.1) is 5.92 Å². The van der Waals surface area contributed by atoms with Crippen molar-refractivity contribution in [3.8, 4) is 0 Å². The van der Waals surface area contributed by atoms with Crippen molar-refractivity contribution in [2.45, 2.75) is 20.8 Å². The minimum atomic E-state index is 0.119. The largest absolute Gasteiger partial charge is 0.359 e. The van der Waals surface area contributed by atoms with Crippen LogP contribution in [0.4, 0.5) is 11.6 Å². The SMILES string of the molecule is CC(=O)CN(C)c1cc(N(C)CC(C)C)ncn1. The topological polar surface area (TPSA) is 49.3 Å². The van der Waals surface area contributed by atoms with Gasteiger partial charge in [-0.15, -0.1) is 0 Å².